The Morgan fingerprint density at radius 2 is 1.71 bits per heavy atom. The first-order chi connectivity index (χ1) is 13.5. The summed E-state index contributed by atoms with van der Waals surface area (Å²) >= 11 is 0. The van der Waals surface area contributed by atoms with Gasteiger partial charge < -0.3 is 28.8 Å². The van der Waals surface area contributed by atoms with Crippen molar-refractivity contribution >= 4 is 23.9 Å². The van der Waals surface area contributed by atoms with Crippen molar-refractivity contribution in [3.63, 3.8) is 0 Å². The maximum atomic E-state index is 12.2. The van der Waals surface area contributed by atoms with Crippen LogP contribution >= 0.6 is 0 Å². The van der Waals surface area contributed by atoms with Crippen LogP contribution in [0.4, 0.5) is 0 Å². The number of methoxy groups -OCH3 is 2. The molecule has 0 aromatic heterocycles. The van der Waals surface area contributed by atoms with E-state index in [0.29, 0.717) is 28.4 Å². The summed E-state index contributed by atoms with van der Waals surface area (Å²) in [5.74, 6) is -0.310. The molecule has 1 aliphatic heterocycles. The predicted octanol–water partition coefficient (Wildman–Crippen LogP) is 1.18. The van der Waals surface area contributed by atoms with Crippen molar-refractivity contribution in [1.29, 1.82) is 0 Å². The van der Waals surface area contributed by atoms with Crippen molar-refractivity contribution in [2.24, 2.45) is 4.99 Å². The van der Waals surface area contributed by atoms with Gasteiger partial charge in [-0.25, -0.2) is 9.79 Å². The smallest absolute Gasteiger partial charge is 0.363 e. The monoisotopic (exact) mass is 382 g/mol. The van der Waals surface area contributed by atoms with E-state index in [0.717, 1.165) is 0 Å². The molecule has 0 bridgehead atoms. The highest BCUT2D eigenvalue weighted by molar-refractivity contribution is 6.13. The van der Waals surface area contributed by atoms with E-state index in [1.807, 2.05) is 0 Å². The second kappa shape index (κ2) is 8.26. The van der Waals surface area contributed by atoms with Crippen molar-refractivity contribution in [1.82, 2.24) is 0 Å². The van der Waals surface area contributed by atoms with E-state index < -0.39 is 18.5 Å². The normalized spacial score (nSPS) is 14.4. The van der Waals surface area contributed by atoms with E-state index in [-0.39, 0.29) is 11.6 Å². The Morgan fingerprint density at radius 1 is 1.07 bits per heavy atom. The van der Waals surface area contributed by atoms with E-state index in [4.69, 9.17) is 18.9 Å². The topological polar surface area (TPSA) is 106 Å². The van der Waals surface area contributed by atoms with Crippen LogP contribution in [0.15, 0.2) is 53.2 Å². The lowest BCUT2D eigenvalue weighted by Crippen LogP contribution is -2.28. The molecule has 8 heteroatoms. The molecule has 0 amide bonds. The fraction of sp³-hybridized carbons (Fsp3) is 0.150. The Labute approximate surface area is 160 Å². The van der Waals surface area contributed by atoms with Crippen molar-refractivity contribution in [3.05, 3.63) is 59.3 Å². The van der Waals surface area contributed by atoms with Gasteiger partial charge in [0, 0.05) is 11.6 Å². The Balaban J connectivity index is 1.82. The minimum Gasteiger partial charge on any atom is -0.546 e. The van der Waals surface area contributed by atoms with E-state index in [2.05, 4.69) is 4.99 Å². The molecule has 3 rings (SSSR count). The number of carbonyl (C=O) groups is 2. The molecule has 144 valence electrons. The highest BCUT2D eigenvalue weighted by Crippen LogP contribution is 2.26. The molecule has 0 radical (unpaired) electrons. The SMILES string of the molecule is COc1cc(OC)cc(C2=N/C(=C\c3ccc(OCC(=O)[O-])cc3)C(=O)O2)c1. The molecular weight excluding hydrogens is 366 g/mol. The molecule has 1 aliphatic rings. The second-order valence-corrected chi connectivity index (χ2v) is 5.67. The highest BCUT2D eigenvalue weighted by Gasteiger charge is 2.25. The largest absolute Gasteiger partial charge is 0.546 e. The number of carbonyl (C=O) groups excluding carboxylic acids is 2. The molecule has 0 spiro atoms. The van der Waals surface area contributed by atoms with Crippen LogP contribution < -0.4 is 19.3 Å². The standard InChI is InChI=1S/C20H17NO7/c1-25-15-8-13(9-16(10-15)26-2)19-21-17(20(24)28-19)7-12-3-5-14(6-4-12)27-11-18(22)23/h3-10H,11H2,1-2H3,(H,22,23)/p-1/b17-7-. The number of carboxylic acids is 1. The minimum atomic E-state index is -1.31. The first kappa shape index (κ1) is 19.0. The zero-order valence-corrected chi connectivity index (χ0v) is 15.1. The molecule has 2 aromatic carbocycles. The Hall–Kier alpha value is -3.81. The number of benzene rings is 2. The van der Waals surface area contributed by atoms with Crippen molar-refractivity contribution < 1.29 is 33.6 Å². The molecular formula is C20H16NO7-. The lowest BCUT2D eigenvalue weighted by atomic mass is 10.2. The maximum Gasteiger partial charge on any atom is 0.363 e. The average molecular weight is 382 g/mol. The summed E-state index contributed by atoms with van der Waals surface area (Å²) in [6, 6.07) is 11.5. The average Bonchev–Trinajstić information content (AvgIpc) is 3.07. The number of hydrogen-bond donors (Lipinski definition) is 0. The molecule has 0 aliphatic carbocycles. The maximum absolute atomic E-state index is 12.2. The van der Waals surface area contributed by atoms with Crippen LogP contribution in [0.1, 0.15) is 11.1 Å². The van der Waals surface area contributed by atoms with Crippen molar-refractivity contribution in [2.45, 2.75) is 0 Å². The fourth-order valence-corrected chi connectivity index (χ4v) is 2.42. The highest BCUT2D eigenvalue weighted by atomic mass is 16.6. The number of ether oxygens (including phenoxy) is 4. The zero-order valence-electron chi connectivity index (χ0n) is 15.1. The molecule has 8 nitrogen and oxygen atoms in total. The lowest BCUT2D eigenvalue weighted by Gasteiger charge is -2.07. The van der Waals surface area contributed by atoms with Crippen LogP contribution in [0.5, 0.6) is 17.2 Å². The third-order valence-corrected chi connectivity index (χ3v) is 3.76. The summed E-state index contributed by atoms with van der Waals surface area (Å²) in [7, 11) is 3.04. The van der Waals surface area contributed by atoms with E-state index >= 15 is 0 Å². The summed E-state index contributed by atoms with van der Waals surface area (Å²) in [6.45, 7) is -0.537. The first-order valence-electron chi connectivity index (χ1n) is 8.17. The molecule has 0 N–H and O–H groups in total. The summed E-state index contributed by atoms with van der Waals surface area (Å²) in [5, 5.41) is 10.4. The van der Waals surface area contributed by atoms with Gasteiger partial charge >= 0.3 is 5.97 Å². The van der Waals surface area contributed by atoms with Gasteiger partial charge in [-0.3, -0.25) is 0 Å². The van der Waals surface area contributed by atoms with Gasteiger partial charge in [-0.15, -0.1) is 0 Å². The predicted molar refractivity (Wildman–Crippen MR) is 97.1 cm³/mol. The molecule has 0 unspecified atom stereocenters. The third kappa shape index (κ3) is 4.47. The van der Waals surface area contributed by atoms with Crippen LogP contribution in [0.2, 0.25) is 0 Å². The van der Waals surface area contributed by atoms with Crippen LogP contribution in [0.25, 0.3) is 6.08 Å². The van der Waals surface area contributed by atoms with Gasteiger partial charge in [0.15, 0.2) is 5.70 Å². The molecule has 0 saturated heterocycles. The Bertz CT molecular complexity index is 939. The van der Waals surface area contributed by atoms with Crippen molar-refractivity contribution in [2.75, 3.05) is 20.8 Å². The minimum absolute atomic E-state index is 0.125. The number of aliphatic carboxylic acids is 1. The number of nitrogens with zero attached hydrogens (tertiary/aromatic N) is 1. The third-order valence-electron chi connectivity index (χ3n) is 3.76. The number of cyclic esters (lactones) is 1. The summed E-state index contributed by atoms with van der Waals surface area (Å²) < 4.78 is 20.7. The number of rotatable bonds is 7. The zero-order chi connectivity index (χ0) is 20.1. The Kier molecular flexibility index (Phi) is 5.59. The van der Waals surface area contributed by atoms with Gasteiger partial charge in [-0.2, -0.15) is 0 Å². The first-order valence-corrected chi connectivity index (χ1v) is 8.17. The summed E-state index contributed by atoms with van der Waals surface area (Å²) in [5.41, 5.74) is 1.33. The molecule has 0 atom stereocenters. The van der Waals surface area contributed by atoms with E-state index in [1.165, 1.54) is 14.2 Å². The van der Waals surface area contributed by atoms with Gasteiger partial charge in [-0.05, 0) is 35.9 Å². The van der Waals surface area contributed by atoms with Gasteiger partial charge in [0.05, 0.1) is 20.2 Å². The Morgan fingerprint density at radius 3 is 2.29 bits per heavy atom. The quantitative estimate of drug-likeness (QED) is 0.523. The second-order valence-electron chi connectivity index (χ2n) is 5.67. The summed E-state index contributed by atoms with van der Waals surface area (Å²) in [6.07, 6.45) is 1.55. The van der Waals surface area contributed by atoms with Crippen LogP contribution in [0, 0.1) is 0 Å². The molecule has 0 fully saturated rings. The summed E-state index contributed by atoms with van der Waals surface area (Å²) in [4.78, 5) is 26.8. The van der Waals surface area contributed by atoms with Crippen LogP contribution in [0.3, 0.4) is 0 Å². The number of esters is 1. The molecule has 28 heavy (non-hydrogen) atoms. The molecule has 0 saturated carbocycles. The lowest BCUT2D eigenvalue weighted by molar-refractivity contribution is -0.307. The molecule has 1 heterocycles. The van der Waals surface area contributed by atoms with Gasteiger partial charge in [0.25, 0.3) is 0 Å². The van der Waals surface area contributed by atoms with Gasteiger partial charge in [-0.1, -0.05) is 12.1 Å². The molecule has 2 aromatic rings. The van der Waals surface area contributed by atoms with Crippen molar-refractivity contribution in [3.8, 4) is 17.2 Å². The van der Waals surface area contributed by atoms with Crippen LogP contribution in [-0.4, -0.2) is 38.7 Å². The number of hydrogen-bond acceptors (Lipinski definition) is 8. The fourth-order valence-electron chi connectivity index (χ4n) is 2.42. The van der Waals surface area contributed by atoms with Crippen LogP contribution in [-0.2, 0) is 14.3 Å². The number of aliphatic imine (C=N–C) groups is 1. The van der Waals surface area contributed by atoms with Gasteiger partial charge in [0.1, 0.15) is 23.9 Å². The van der Waals surface area contributed by atoms with E-state index in [9.17, 15) is 14.7 Å². The van der Waals surface area contributed by atoms with Gasteiger partial charge in [0.2, 0.25) is 5.90 Å². The number of carboxylic acid groups (broad SMARTS) is 1. The van der Waals surface area contributed by atoms with E-state index in [1.54, 1.807) is 48.5 Å².